The van der Waals surface area contributed by atoms with Crippen LogP contribution in [0.3, 0.4) is 0 Å². The van der Waals surface area contributed by atoms with E-state index in [0.29, 0.717) is 45.1 Å². The van der Waals surface area contributed by atoms with E-state index in [1.165, 1.54) is 18.9 Å². The third kappa shape index (κ3) is 5.16. The number of benzene rings is 1. The van der Waals surface area contributed by atoms with Gasteiger partial charge in [-0.1, -0.05) is 12.8 Å². The number of aromatic nitrogens is 2. The highest BCUT2D eigenvalue weighted by molar-refractivity contribution is 5.76. The lowest BCUT2D eigenvalue weighted by atomic mass is 10.0. The van der Waals surface area contributed by atoms with Crippen molar-refractivity contribution in [1.82, 2.24) is 15.1 Å². The number of ether oxygens (including phenoxy) is 2. The number of hydrogen-bond acceptors (Lipinski definition) is 4. The largest absolute Gasteiger partial charge is 0.493 e. The van der Waals surface area contributed by atoms with Crippen LogP contribution in [0, 0.1) is 17.6 Å². The number of hydrogen-bond donors (Lipinski definition) is 1. The molecular formula is C22H27F2N3O3. The summed E-state index contributed by atoms with van der Waals surface area (Å²) in [5, 5.41) is 7.30. The molecule has 1 atom stereocenters. The van der Waals surface area contributed by atoms with Crippen molar-refractivity contribution in [3.63, 3.8) is 0 Å². The molecule has 1 N–H and O–H groups in total. The van der Waals surface area contributed by atoms with Gasteiger partial charge in [-0.2, -0.15) is 5.10 Å². The van der Waals surface area contributed by atoms with E-state index in [1.54, 1.807) is 0 Å². The molecule has 8 heteroatoms. The monoisotopic (exact) mass is 419 g/mol. The first-order chi connectivity index (χ1) is 14.6. The second-order valence-corrected chi connectivity index (χ2v) is 8.05. The number of carbonyl (C=O) groups excluding carboxylic acids is 1. The van der Waals surface area contributed by atoms with Crippen molar-refractivity contribution >= 4 is 5.91 Å². The normalized spacial score (nSPS) is 19.9. The highest BCUT2D eigenvalue weighted by Gasteiger charge is 2.29. The highest BCUT2D eigenvalue weighted by Crippen LogP contribution is 2.29. The van der Waals surface area contributed by atoms with Gasteiger partial charge in [0, 0.05) is 31.1 Å². The van der Waals surface area contributed by atoms with Gasteiger partial charge in [-0.3, -0.25) is 9.89 Å². The van der Waals surface area contributed by atoms with Crippen LogP contribution in [0.4, 0.5) is 8.78 Å². The molecule has 1 amide bonds. The zero-order valence-electron chi connectivity index (χ0n) is 16.9. The van der Waals surface area contributed by atoms with Crippen LogP contribution in [-0.2, 0) is 16.0 Å². The molecule has 0 spiro atoms. The summed E-state index contributed by atoms with van der Waals surface area (Å²) >= 11 is 0. The lowest BCUT2D eigenvalue weighted by Gasteiger charge is -2.32. The summed E-state index contributed by atoms with van der Waals surface area (Å²) in [5.74, 6) is -0.807. The topological polar surface area (TPSA) is 67.5 Å². The minimum atomic E-state index is -0.933. The summed E-state index contributed by atoms with van der Waals surface area (Å²) < 4.78 is 37.5. The Morgan fingerprint density at radius 3 is 2.87 bits per heavy atom. The van der Waals surface area contributed by atoms with E-state index >= 15 is 0 Å². The first-order valence-corrected chi connectivity index (χ1v) is 10.6. The van der Waals surface area contributed by atoms with Crippen LogP contribution in [0.2, 0.25) is 0 Å². The molecule has 2 heterocycles. The first kappa shape index (κ1) is 20.8. The maximum atomic E-state index is 13.2. The van der Waals surface area contributed by atoms with Gasteiger partial charge in [0.05, 0.1) is 25.5 Å². The number of aromatic amines is 1. The van der Waals surface area contributed by atoms with E-state index in [9.17, 15) is 13.6 Å². The Bertz CT molecular complexity index is 867. The minimum Gasteiger partial charge on any atom is -0.493 e. The number of nitrogens with one attached hydrogen (secondary N) is 1. The summed E-state index contributed by atoms with van der Waals surface area (Å²) in [6.07, 6.45) is 5.72. The van der Waals surface area contributed by atoms with Gasteiger partial charge >= 0.3 is 0 Å². The van der Waals surface area contributed by atoms with E-state index < -0.39 is 11.6 Å². The van der Waals surface area contributed by atoms with Crippen LogP contribution < -0.4 is 4.74 Å². The van der Waals surface area contributed by atoms with E-state index in [4.69, 9.17) is 9.47 Å². The Kier molecular flexibility index (Phi) is 6.62. The average Bonchev–Trinajstić information content (AvgIpc) is 3.43. The third-order valence-electron chi connectivity index (χ3n) is 5.87. The molecule has 1 saturated carbocycles. The highest BCUT2D eigenvalue weighted by atomic mass is 19.2. The molecule has 1 aromatic carbocycles. The molecule has 2 fully saturated rings. The summed E-state index contributed by atoms with van der Waals surface area (Å²) in [5.41, 5.74) is 1.61. The molecule has 1 aromatic heterocycles. The van der Waals surface area contributed by atoms with E-state index in [1.807, 2.05) is 11.0 Å². The summed E-state index contributed by atoms with van der Waals surface area (Å²) in [7, 11) is 0. The Balaban J connectivity index is 1.27. The molecule has 2 aliphatic rings. The molecule has 4 rings (SSSR count). The fourth-order valence-electron chi connectivity index (χ4n) is 4.16. The average molecular weight is 419 g/mol. The standard InChI is InChI=1S/C22H27F2N3O3/c23-18-6-5-17(13-19(18)24)29-9-7-16-12-20(26-25-16)21-14-27(8-10-30-21)22(28)11-15-3-1-2-4-15/h5-6,12-13,15,21H,1-4,7-11,14H2,(H,25,26). The molecule has 0 radical (unpaired) electrons. The Morgan fingerprint density at radius 1 is 1.23 bits per heavy atom. The van der Waals surface area contributed by atoms with Crippen molar-refractivity contribution in [3.8, 4) is 5.75 Å². The van der Waals surface area contributed by atoms with Crippen LogP contribution in [0.1, 0.15) is 49.6 Å². The minimum absolute atomic E-state index is 0.214. The van der Waals surface area contributed by atoms with E-state index in [2.05, 4.69) is 10.2 Å². The molecule has 1 aliphatic heterocycles. The summed E-state index contributed by atoms with van der Waals surface area (Å²) in [6, 6.07) is 5.37. The van der Waals surface area contributed by atoms with Gasteiger partial charge in [0.25, 0.3) is 0 Å². The number of halogens is 2. The number of amides is 1. The fraction of sp³-hybridized carbons (Fsp3) is 0.545. The van der Waals surface area contributed by atoms with Crippen LogP contribution in [0.5, 0.6) is 5.75 Å². The van der Waals surface area contributed by atoms with E-state index in [-0.39, 0.29) is 17.8 Å². The predicted molar refractivity (Wildman–Crippen MR) is 106 cm³/mol. The zero-order chi connectivity index (χ0) is 20.9. The van der Waals surface area contributed by atoms with Crippen molar-refractivity contribution in [3.05, 3.63) is 47.3 Å². The summed E-state index contributed by atoms with van der Waals surface area (Å²) in [6.45, 7) is 1.94. The number of H-pyrrole nitrogens is 1. The van der Waals surface area contributed by atoms with Gasteiger partial charge in [0.15, 0.2) is 11.6 Å². The van der Waals surface area contributed by atoms with Gasteiger partial charge in [0.1, 0.15) is 11.9 Å². The number of nitrogens with zero attached hydrogens (tertiary/aromatic N) is 2. The zero-order valence-corrected chi connectivity index (χ0v) is 16.9. The van der Waals surface area contributed by atoms with Crippen molar-refractivity contribution in [2.24, 2.45) is 5.92 Å². The lowest BCUT2D eigenvalue weighted by molar-refractivity contribution is -0.140. The molecule has 1 unspecified atom stereocenters. The van der Waals surface area contributed by atoms with Crippen molar-refractivity contribution in [2.75, 3.05) is 26.3 Å². The lowest BCUT2D eigenvalue weighted by Crippen LogP contribution is -2.42. The molecule has 1 aliphatic carbocycles. The first-order valence-electron chi connectivity index (χ1n) is 10.6. The van der Waals surface area contributed by atoms with Crippen LogP contribution in [0.15, 0.2) is 24.3 Å². The van der Waals surface area contributed by atoms with Gasteiger partial charge in [-0.15, -0.1) is 0 Å². The Labute approximate surface area is 174 Å². The van der Waals surface area contributed by atoms with Crippen LogP contribution >= 0.6 is 0 Å². The molecule has 162 valence electrons. The van der Waals surface area contributed by atoms with Gasteiger partial charge in [-0.25, -0.2) is 8.78 Å². The fourth-order valence-corrected chi connectivity index (χ4v) is 4.16. The molecule has 0 bridgehead atoms. The predicted octanol–water partition coefficient (Wildman–Crippen LogP) is 3.79. The maximum absolute atomic E-state index is 13.2. The second-order valence-electron chi connectivity index (χ2n) is 8.05. The molecule has 2 aromatic rings. The van der Waals surface area contributed by atoms with Crippen LogP contribution in [0.25, 0.3) is 0 Å². The Morgan fingerprint density at radius 2 is 2.07 bits per heavy atom. The molecule has 30 heavy (non-hydrogen) atoms. The van der Waals surface area contributed by atoms with Gasteiger partial charge in [-0.05, 0) is 37.0 Å². The molecule has 1 saturated heterocycles. The van der Waals surface area contributed by atoms with Crippen molar-refractivity contribution in [1.29, 1.82) is 0 Å². The van der Waals surface area contributed by atoms with Gasteiger partial charge in [0.2, 0.25) is 5.91 Å². The number of rotatable bonds is 7. The van der Waals surface area contributed by atoms with Crippen molar-refractivity contribution < 1.29 is 23.0 Å². The quantitative estimate of drug-likeness (QED) is 0.742. The molecular weight excluding hydrogens is 392 g/mol. The number of morpholine rings is 1. The van der Waals surface area contributed by atoms with E-state index in [0.717, 1.165) is 36.4 Å². The smallest absolute Gasteiger partial charge is 0.223 e. The SMILES string of the molecule is O=C(CC1CCCC1)N1CCOC(c2cc(CCOc3ccc(F)c(F)c3)[nH]n2)C1. The van der Waals surface area contributed by atoms with Crippen LogP contribution in [-0.4, -0.2) is 47.3 Å². The molecule has 6 nitrogen and oxygen atoms in total. The number of carbonyl (C=O) groups is 1. The summed E-state index contributed by atoms with van der Waals surface area (Å²) in [4.78, 5) is 14.5. The van der Waals surface area contributed by atoms with Gasteiger partial charge < -0.3 is 14.4 Å². The third-order valence-corrected chi connectivity index (χ3v) is 5.87. The Hall–Kier alpha value is -2.48. The van der Waals surface area contributed by atoms with Crippen molar-refractivity contribution in [2.45, 2.75) is 44.6 Å². The maximum Gasteiger partial charge on any atom is 0.223 e. The second kappa shape index (κ2) is 9.55.